The highest BCUT2D eigenvalue weighted by Crippen LogP contribution is 2.31. The van der Waals surface area contributed by atoms with Gasteiger partial charge in [-0.15, -0.1) is 11.8 Å². The zero-order valence-electron chi connectivity index (χ0n) is 11.2. The second kappa shape index (κ2) is 5.66. The Labute approximate surface area is 116 Å². The fraction of sp³-hybridized carbons (Fsp3) is 0.636. The lowest BCUT2D eigenvalue weighted by molar-refractivity contribution is -0.00332. The largest absolute Gasteiger partial charge is 0.414 e. The SMILES string of the molecule is C[Si](C)(C)OCC1OC(n2ccc(=O)[nH]c2=O)CS1. The number of ether oxygens (including phenoxy) is 1. The van der Waals surface area contributed by atoms with Crippen LogP contribution in [0.2, 0.25) is 19.6 Å². The van der Waals surface area contributed by atoms with E-state index in [2.05, 4.69) is 24.6 Å². The average molecular weight is 302 g/mol. The third-order valence-electron chi connectivity index (χ3n) is 2.55. The summed E-state index contributed by atoms with van der Waals surface area (Å²) in [7, 11) is -1.55. The molecule has 1 aromatic heterocycles. The van der Waals surface area contributed by atoms with Gasteiger partial charge in [-0.25, -0.2) is 4.79 Å². The van der Waals surface area contributed by atoms with E-state index in [-0.39, 0.29) is 11.7 Å². The molecule has 0 spiro atoms. The summed E-state index contributed by atoms with van der Waals surface area (Å²) in [6, 6.07) is 1.32. The second-order valence-corrected chi connectivity index (χ2v) is 11.0. The normalized spacial score (nSPS) is 23.7. The fourth-order valence-electron chi connectivity index (χ4n) is 1.65. The molecule has 0 aromatic carbocycles. The molecule has 1 N–H and O–H groups in total. The van der Waals surface area contributed by atoms with Crippen molar-refractivity contribution in [2.45, 2.75) is 31.3 Å². The van der Waals surface area contributed by atoms with Crippen LogP contribution in [0.5, 0.6) is 0 Å². The van der Waals surface area contributed by atoms with Crippen LogP contribution in [-0.2, 0) is 9.16 Å². The Hall–Kier alpha value is -0.833. The Morgan fingerprint density at radius 1 is 1.53 bits per heavy atom. The monoisotopic (exact) mass is 302 g/mol. The van der Waals surface area contributed by atoms with Gasteiger partial charge in [-0.1, -0.05) is 0 Å². The number of H-pyrrole nitrogens is 1. The van der Waals surface area contributed by atoms with Crippen LogP contribution >= 0.6 is 11.8 Å². The quantitative estimate of drug-likeness (QED) is 0.839. The molecule has 0 bridgehead atoms. The molecule has 6 nitrogen and oxygen atoms in total. The van der Waals surface area contributed by atoms with Gasteiger partial charge in [-0.2, -0.15) is 0 Å². The van der Waals surface area contributed by atoms with Crippen LogP contribution in [0, 0.1) is 0 Å². The Bertz CT molecular complexity index is 551. The number of nitrogens with zero attached hydrogens (tertiary/aromatic N) is 1. The minimum Gasteiger partial charge on any atom is -0.414 e. The smallest absolute Gasteiger partial charge is 0.330 e. The minimum absolute atomic E-state index is 0.0597. The van der Waals surface area contributed by atoms with E-state index in [4.69, 9.17) is 9.16 Å². The van der Waals surface area contributed by atoms with Crippen molar-refractivity contribution in [2.24, 2.45) is 0 Å². The fourth-order valence-corrected chi connectivity index (χ4v) is 3.41. The van der Waals surface area contributed by atoms with Crippen molar-refractivity contribution in [1.29, 1.82) is 0 Å². The molecule has 0 saturated carbocycles. The molecule has 2 unspecified atom stereocenters. The van der Waals surface area contributed by atoms with Crippen LogP contribution in [0.4, 0.5) is 0 Å². The summed E-state index contributed by atoms with van der Waals surface area (Å²) in [5.41, 5.74) is -0.897. The van der Waals surface area contributed by atoms with Crippen LogP contribution in [0.15, 0.2) is 21.9 Å². The predicted molar refractivity (Wildman–Crippen MR) is 77.0 cm³/mol. The highest BCUT2D eigenvalue weighted by atomic mass is 32.2. The maximum absolute atomic E-state index is 11.6. The van der Waals surface area contributed by atoms with Crippen molar-refractivity contribution in [3.8, 4) is 0 Å². The molecule has 0 aliphatic carbocycles. The highest BCUT2D eigenvalue weighted by molar-refractivity contribution is 8.00. The van der Waals surface area contributed by atoms with Crippen LogP contribution in [0.3, 0.4) is 0 Å². The number of thioether (sulfide) groups is 1. The zero-order chi connectivity index (χ0) is 14.0. The number of aromatic nitrogens is 2. The first-order valence-corrected chi connectivity index (χ1v) is 10.5. The maximum Gasteiger partial charge on any atom is 0.330 e. The summed E-state index contributed by atoms with van der Waals surface area (Å²) in [4.78, 5) is 24.9. The van der Waals surface area contributed by atoms with E-state index in [1.54, 1.807) is 11.8 Å². The van der Waals surface area contributed by atoms with Gasteiger partial charge >= 0.3 is 5.69 Å². The van der Waals surface area contributed by atoms with Gasteiger partial charge in [0.2, 0.25) is 0 Å². The molecule has 1 saturated heterocycles. The Morgan fingerprint density at radius 3 is 2.89 bits per heavy atom. The van der Waals surface area contributed by atoms with Crippen molar-refractivity contribution < 1.29 is 9.16 Å². The number of hydrogen-bond donors (Lipinski definition) is 1. The van der Waals surface area contributed by atoms with Gasteiger partial charge in [-0.05, 0) is 19.6 Å². The molecular formula is C11H18N2O4SSi. The molecule has 2 rings (SSSR count). The molecule has 0 radical (unpaired) electrons. The number of nitrogens with one attached hydrogen (secondary N) is 1. The highest BCUT2D eigenvalue weighted by Gasteiger charge is 2.29. The van der Waals surface area contributed by atoms with Gasteiger partial charge in [0.05, 0.1) is 6.61 Å². The molecule has 1 aromatic rings. The van der Waals surface area contributed by atoms with Crippen molar-refractivity contribution in [3.05, 3.63) is 33.1 Å². The van der Waals surface area contributed by atoms with Crippen molar-refractivity contribution in [1.82, 2.24) is 9.55 Å². The van der Waals surface area contributed by atoms with Gasteiger partial charge < -0.3 is 9.16 Å². The molecule has 0 amide bonds. The van der Waals surface area contributed by atoms with Crippen LogP contribution in [-0.4, -0.2) is 35.7 Å². The standard InChI is InChI=1S/C11H18N2O4SSi/c1-19(2,3)16-6-10-17-9(7-18-10)13-5-4-8(14)12-11(13)15/h4-5,9-10H,6-7H2,1-3H3,(H,12,14,15). The van der Waals surface area contributed by atoms with Crippen LogP contribution < -0.4 is 11.2 Å². The summed E-state index contributed by atoms with van der Waals surface area (Å²) < 4.78 is 13.0. The minimum atomic E-state index is -1.55. The molecule has 1 fully saturated rings. The number of aromatic amines is 1. The summed E-state index contributed by atoms with van der Waals surface area (Å²) in [6.07, 6.45) is 1.12. The summed E-state index contributed by atoms with van der Waals surface area (Å²) in [6.45, 7) is 6.90. The van der Waals surface area contributed by atoms with Gasteiger partial charge in [0.1, 0.15) is 11.7 Å². The second-order valence-electron chi connectivity index (χ2n) is 5.29. The third kappa shape index (κ3) is 4.07. The molecular weight excluding hydrogens is 284 g/mol. The van der Waals surface area contributed by atoms with Gasteiger partial charge in [0.15, 0.2) is 8.32 Å². The third-order valence-corrected chi connectivity index (χ3v) is 4.68. The zero-order valence-corrected chi connectivity index (χ0v) is 13.0. The van der Waals surface area contributed by atoms with Crippen LogP contribution in [0.1, 0.15) is 6.23 Å². The topological polar surface area (TPSA) is 73.3 Å². The van der Waals surface area contributed by atoms with E-state index < -0.39 is 19.6 Å². The average Bonchev–Trinajstić information content (AvgIpc) is 2.74. The molecule has 106 valence electrons. The Morgan fingerprint density at radius 2 is 2.26 bits per heavy atom. The Balaban J connectivity index is 1.98. The van der Waals surface area contributed by atoms with E-state index >= 15 is 0 Å². The lowest BCUT2D eigenvalue weighted by atomic mass is 10.5. The first kappa shape index (κ1) is 14.6. The van der Waals surface area contributed by atoms with Gasteiger partial charge in [0, 0.05) is 18.0 Å². The summed E-state index contributed by atoms with van der Waals surface area (Å²) in [5.74, 6) is 0.672. The first-order chi connectivity index (χ1) is 8.85. The van der Waals surface area contributed by atoms with E-state index in [0.717, 1.165) is 0 Å². The van der Waals surface area contributed by atoms with E-state index in [1.165, 1.54) is 16.8 Å². The lowest BCUT2D eigenvalue weighted by Gasteiger charge is -2.20. The number of hydrogen-bond acceptors (Lipinski definition) is 5. The molecule has 1 aliphatic rings. The number of rotatable bonds is 4. The van der Waals surface area contributed by atoms with E-state index in [1.807, 2.05) is 0 Å². The molecule has 2 heterocycles. The molecule has 8 heteroatoms. The summed E-state index contributed by atoms with van der Waals surface area (Å²) in [5, 5.41) is 0. The molecule has 1 aliphatic heterocycles. The van der Waals surface area contributed by atoms with Crippen molar-refractivity contribution in [2.75, 3.05) is 12.4 Å². The maximum atomic E-state index is 11.6. The predicted octanol–water partition coefficient (Wildman–Crippen LogP) is 0.976. The molecule has 2 atom stereocenters. The van der Waals surface area contributed by atoms with Gasteiger partial charge in [-0.3, -0.25) is 14.3 Å². The summed E-state index contributed by atoms with van der Waals surface area (Å²) >= 11 is 1.62. The first-order valence-electron chi connectivity index (χ1n) is 6.08. The van der Waals surface area contributed by atoms with E-state index in [0.29, 0.717) is 12.4 Å². The van der Waals surface area contributed by atoms with Gasteiger partial charge in [0.25, 0.3) is 5.56 Å². The lowest BCUT2D eigenvalue weighted by Crippen LogP contribution is -2.33. The van der Waals surface area contributed by atoms with Crippen molar-refractivity contribution >= 4 is 20.1 Å². The Kier molecular flexibility index (Phi) is 4.34. The van der Waals surface area contributed by atoms with Crippen LogP contribution in [0.25, 0.3) is 0 Å². The van der Waals surface area contributed by atoms with Crippen molar-refractivity contribution in [3.63, 3.8) is 0 Å². The van der Waals surface area contributed by atoms with E-state index in [9.17, 15) is 9.59 Å². The molecule has 19 heavy (non-hydrogen) atoms.